The molecule has 24 heavy (non-hydrogen) atoms. The molecule has 0 spiro atoms. The summed E-state index contributed by atoms with van der Waals surface area (Å²) in [7, 11) is 0. The van der Waals surface area contributed by atoms with Gasteiger partial charge in [-0.25, -0.2) is 9.97 Å². The van der Waals surface area contributed by atoms with E-state index in [2.05, 4.69) is 31.9 Å². The Morgan fingerprint density at radius 1 is 0.917 bits per heavy atom. The van der Waals surface area contributed by atoms with Crippen LogP contribution in [-0.4, -0.2) is 54.3 Å². The zero-order valence-corrected chi connectivity index (χ0v) is 14.2. The fraction of sp³-hybridized carbons (Fsp3) is 0.412. The number of fused-ring (bicyclic) bond motifs is 1. The highest BCUT2D eigenvalue weighted by atomic mass is 35.5. The number of nitrogens with zero attached hydrogens (tertiary/aromatic N) is 4. The molecule has 128 valence electrons. The Morgan fingerprint density at radius 3 is 2.38 bits per heavy atom. The van der Waals surface area contributed by atoms with Crippen LogP contribution >= 0.6 is 12.4 Å². The Morgan fingerprint density at radius 2 is 1.62 bits per heavy atom. The number of hydrogen-bond acceptors (Lipinski definition) is 6. The minimum Gasteiger partial charge on any atom is -0.486 e. The zero-order valence-electron chi connectivity index (χ0n) is 13.4. The van der Waals surface area contributed by atoms with Crippen molar-refractivity contribution in [3.8, 4) is 11.5 Å². The summed E-state index contributed by atoms with van der Waals surface area (Å²) in [5.74, 6) is 2.54. The second-order valence-corrected chi connectivity index (χ2v) is 5.79. The molecule has 1 aromatic carbocycles. The van der Waals surface area contributed by atoms with E-state index < -0.39 is 0 Å². The van der Waals surface area contributed by atoms with Gasteiger partial charge < -0.3 is 14.4 Å². The van der Waals surface area contributed by atoms with E-state index in [1.54, 1.807) is 12.4 Å². The molecule has 2 aliphatic heterocycles. The smallest absolute Gasteiger partial charge is 0.225 e. The maximum Gasteiger partial charge on any atom is 0.225 e. The van der Waals surface area contributed by atoms with Crippen LogP contribution in [0.25, 0.3) is 0 Å². The van der Waals surface area contributed by atoms with Gasteiger partial charge >= 0.3 is 0 Å². The Hall–Kier alpha value is -2.05. The maximum absolute atomic E-state index is 5.66. The Kier molecular flexibility index (Phi) is 5.37. The predicted octanol–water partition coefficient (Wildman–Crippen LogP) is 1.99. The number of ether oxygens (including phenoxy) is 2. The first kappa shape index (κ1) is 16.8. The van der Waals surface area contributed by atoms with Crippen molar-refractivity contribution >= 4 is 18.4 Å². The lowest BCUT2D eigenvalue weighted by atomic mass is 10.1. The quantitative estimate of drug-likeness (QED) is 0.845. The lowest BCUT2D eigenvalue weighted by molar-refractivity contribution is 0.171. The highest BCUT2D eigenvalue weighted by Gasteiger charge is 2.19. The predicted molar refractivity (Wildman–Crippen MR) is 94.2 cm³/mol. The van der Waals surface area contributed by atoms with E-state index in [-0.39, 0.29) is 12.4 Å². The van der Waals surface area contributed by atoms with E-state index in [9.17, 15) is 0 Å². The summed E-state index contributed by atoms with van der Waals surface area (Å²) in [4.78, 5) is 13.3. The summed E-state index contributed by atoms with van der Waals surface area (Å²) in [6.45, 7) is 6.12. The van der Waals surface area contributed by atoms with Crippen LogP contribution in [-0.2, 0) is 6.54 Å². The summed E-state index contributed by atoms with van der Waals surface area (Å²) >= 11 is 0. The average molecular weight is 349 g/mol. The van der Waals surface area contributed by atoms with Gasteiger partial charge in [-0.2, -0.15) is 0 Å². The van der Waals surface area contributed by atoms with E-state index in [4.69, 9.17) is 9.47 Å². The molecule has 2 aliphatic rings. The first-order valence-electron chi connectivity index (χ1n) is 8.01. The fourth-order valence-corrected chi connectivity index (χ4v) is 3.00. The number of benzene rings is 1. The second kappa shape index (κ2) is 7.68. The zero-order chi connectivity index (χ0) is 15.5. The molecule has 3 heterocycles. The van der Waals surface area contributed by atoms with Gasteiger partial charge in [0.15, 0.2) is 11.5 Å². The molecule has 4 rings (SSSR count). The normalized spacial score (nSPS) is 17.2. The number of rotatable bonds is 3. The van der Waals surface area contributed by atoms with Crippen LogP contribution in [0.4, 0.5) is 5.95 Å². The van der Waals surface area contributed by atoms with E-state index >= 15 is 0 Å². The Bertz CT molecular complexity index is 663. The summed E-state index contributed by atoms with van der Waals surface area (Å²) in [5, 5.41) is 0. The van der Waals surface area contributed by atoms with Crippen molar-refractivity contribution in [2.45, 2.75) is 6.54 Å². The number of hydrogen-bond donors (Lipinski definition) is 0. The number of anilines is 1. The molecule has 7 heteroatoms. The topological polar surface area (TPSA) is 50.7 Å². The summed E-state index contributed by atoms with van der Waals surface area (Å²) in [6.07, 6.45) is 3.59. The first-order chi connectivity index (χ1) is 11.4. The van der Waals surface area contributed by atoms with Crippen molar-refractivity contribution in [1.29, 1.82) is 0 Å². The van der Waals surface area contributed by atoms with Gasteiger partial charge in [0.2, 0.25) is 5.95 Å². The van der Waals surface area contributed by atoms with Crippen LogP contribution < -0.4 is 14.4 Å². The van der Waals surface area contributed by atoms with Crippen molar-refractivity contribution in [3.63, 3.8) is 0 Å². The average Bonchev–Trinajstić information content (AvgIpc) is 2.63. The van der Waals surface area contributed by atoms with Crippen molar-refractivity contribution in [2.24, 2.45) is 0 Å². The van der Waals surface area contributed by atoms with Crippen molar-refractivity contribution < 1.29 is 9.47 Å². The van der Waals surface area contributed by atoms with E-state index in [0.717, 1.165) is 50.2 Å². The Labute approximate surface area is 147 Å². The SMILES string of the molecule is Cl.c1cnc(N2CCN(Cc3ccc4c(c3)OCCO4)CC2)nc1. The third kappa shape index (κ3) is 3.71. The lowest BCUT2D eigenvalue weighted by Crippen LogP contribution is -2.46. The van der Waals surface area contributed by atoms with Gasteiger partial charge in [0.1, 0.15) is 13.2 Å². The third-order valence-electron chi connectivity index (χ3n) is 4.22. The van der Waals surface area contributed by atoms with Crippen molar-refractivity contribution in [1.82, 2.24) is 14.9 Å². The molecular weight excluding hydrogens is 328 g/mol. The van der Waals surface area contributed by atoms with Gasteiger partial charge in [0.25, 0.3) is 0 Å². The molecule has 1 fully saturated rings. The molecule has 0 N–H and O–H groups in total. The molecule has 0 unspecified atom stereocenters. The van der Waals surface area contributed by atoms with Gasteiger partial charge in [0, 0.05) is 45.1 Å². The van der Waals surface area contributed by atoms with Gasteiger partial charge in [-0.1, -0.05) is 6.07 Å². The molecule has 0 amide bonds. The largest absolute Gasteiger partial charge is 0.486 e. The first-order valence-corrected chi connectivity index (χ1v) is 8.01. The molecule has 0 bridgehead atoms. The van der Waals surface area contributed by atoms with Crippen LogP contribution in [0, 0.1) is 0 Å². The van der Waals surface area contributed by atoms with E-state index in [1.807, 2.05) is 12.1 Å². The second-order valence-electron chi connectivity index (χ2n) is 5.79. The van der Waals surface area contributed by atoms with Gasteiger partial charge in [-0.3, -0.25) is 4.90 Å². The number of aromatic nitrogens is 2. The molecule has 2 aromatic rings. The van der Waals surface area contributed by atoms with Gasteiger partial charge in [-0.15, -0.1) is 12.4 Å². The summed E-state index contributed by atoms with van der Waals surface area (Å²) in [5.41, 5.74) is 1.26. The third-order valence-corrected chi connectivity index (χ3v) is 4.22. The molecule has 1 aromatic heterocycles. The molecule has 0 aliphatic carbocycles. The van der Waals surface area contributed by atoms with E-state index in [0.29, 0.717) is 13.2 Å². The highest BCUT2D eigenvalue weighted by molar-refractivity contribution is 5.85. The molecule has 6 nitrogen and oxygen atoms in total. The monoisotopic (exact) mass is 348 g/mol. The maximum atomic E-state index is 5.66. The summed E-state index contributed by atoms with van der Waals surface area (Å²) < 4.78 is 11.2. The molecule has 1 saturated heterocycles. The minimum atomic E-state index is 0. The Balaban J connectivity index is 0.00000169. The molecule has 0 saturated carbocycles. The van der Waals surface area contributed by atoms with Crippen LogP contribution in [0.5, 0.6) is 11.5 Å². The minimum absolute atomic E-state index is 0. The lowest BCUT2D eigenvalue weighted by Gasteiger charge is -2.34. The molecule has 0 atom stereocenters. The van der Waals surface area contributed by atoms with Gasteiger partial charge in [0.05, 0.1) is 0 Å². The number of halogens is 1. The van der Waals surface area contributed by atoms with Crippen molar-refractivity contribution in [2.75, 3.05) is 44.3 Å². The molecular formula is C17H21ClN4O2. The van der Waals surface area contributed by atoms with Crippen LogP contribution in [0.15, 0.2) is 36.7 Å². The van der Waals surface area contributed by atoms with E-state index in [1.165, 1.54) is 5.56 Å². The molecule has 0 radical (unpaired) electrons. The standard InChI is InChI=1S/C17H20N4O2.ClH/c1-4-18-17(19-5-1)21-8-6-20(7-9-21)13-14-2-3-15-16(12-14)23-11-10-22-15;/h1-5,12H,6-11,13H2;1H. The van der Waals surface area contributed by atoms with Crippen LogP contribution in [0.3, 0.4) is 0 Å². The summed E-state index contributed by atoms with van der Waals surface area (Å²) in [6, 6.07) is 8.08. The van der Waals surface area contributed by atoms with Crippen molar-refractivity contribution in [3.05, 3.63) is 42.2 Å². The fourth-order valence-electron chi connectivity index (χ4n) is 3.00. The van der Waals surface area contributed by atoms with Crippen LogP contribution in [0.2, 0.25) is 0 Å². The van der Waals surface area contributed by atoms with Crippen LogP contribution in [0.1, 0.15) is 5.56 Å². The van der Waals surface area contributed by atoms with Gasteiger partial charge in [-0.05, 0) is 23.8 Å². The number of piperazine rings is 1. The highest BCUT2D eigenvalue weighted by Crippen LogP contribution is 2.31.